The molecule has 1 aromatic heterocycles. The summed E-state index contributed by atoms with van der Waals surface area (Å²) in [6.07, 6.45) is 0.625. The van der Waals surface area contributed by atoms with E-state index in [1.54, 1.807) is 24.3 Å². The van der Waals surface area contributed by atoms with Crippen molar-refractivity contribution >= 4 is 11.9 Å². The fraction of sp³-hybridized carbons (Fsp3) is 0.261. The van der Waals surface area contributed by atoms with E-state index < -0.39 is 5.97 Å². The van der Waals surface area contributed by atoms with Gasteiger partial charge in [-0.05, 0) is 37.5 Å². The molecule has 0 unspecified atom stereocenters. The summed E-state index contributed by atoms with van der Waals surface area (Å²) in [5, 5.41) is 16.8. The van der Waals surface area contributed by atoms with Gasteiger partial charge in [-0.15, -0.1) is 0 Å². The third-order valence-corrected chi connectivity index (χ3v) is 5.04. The molecule has 0 aliphatic carbocycles. The van der Waals surface area contributed by atoms with Crippen LogP contribution in [0.1, 0.15) is 44.9 Å². The van der Waals surface area contributed by atoms with Crippen molar-refractivity contribution < 1.29 is 14.7 Å². The van der Waals surface area contributed by atoms with E-state index in [4.69, 9.17) is 0 Å². The molecule has 3 rings (SSSR count). The van der Waals surface area contributed by atoms with Crippen LogP contribution in [0.5, 0.6) is 0 Å². The van der Waals surface area contributed by atoms with Gasteiger partial charge in [0, 0.05) is 24.2 Å². The Balaban J connectivity index is 1.59. The standard InChI is InChI=1S/C23H25N3O3/c1-16-21(17(2)26(25-16)15-18-8-4-3-5-9-18)14-24-22(27)13-12-19-10-6-7-11-20(19)23(28)29/h3-11H,12-15H2,1-2H3,(H,24,27)(H,28,29). The minimum absolute atomic E-state index is 0.111. The monoisotopic (exact) mass is 391 g/mol. The molecule has 0 fully saturated rings. The maximum absolute atomic E-state index is 12.3. The van der Waals surface area contributed by atoms with Gasteiger partial charge in [0.25, 0.3) is 0 Å². The molecular formula is C23H25N3O3. The number of aryl methyl sites for hydroxylation is 2. The summed E-state index contributed by atoms with van der Waals surface area (Å²) in [5.74, 6) is -1.09. The van der Waals surface area contributed by atoms with Gasteiger partial charge in [-0.3, -0.25) is 9.48 Å². The van der Waals surface area contributed by atoms with E-state index in [2.05, 4.69) is 22.5 Å². The lowest BCUT2D eigenvalue weighted by atomic mass is 10.0. The van der Waals surface area contributed by atoms with Crippen LogP contribution in [-0.4, -0.2) is 26.8 Å². The molecule has 0 atom stereocenters. The molecule has 0 saturated carbocycles. The normalized spacial score (nSPS) is 10.7. The fourth-order valence-corrected chi connectivity index (χ4v) is 3.37. The van der Waals surface area contributed by atoms with Gasteiger partial charge in [0.15, 0.2) is 0 Å². The van der Waals surface area contributed by atoms with Crippen LogP contribution in [0.2, 0.25) is 0 Å². The Morgan fingerprint density at radius 3 is 2.45 bits per heavy atom. The first-order valence-electron chi connectivity index (χ1n) is 9.60. The van der Waals surface area contributed by atoms with Crippen LogP contribution >= 0.6 is 0 Å². The van der Waals surface area contributed by atoms with Crippen LogP contribution in [0.3, 0.4) is 0 Å². The number of hydrogen-bond donors (Lipinski definition) is 2. The second-order valence-electron chi connectivity index (χ2n) is 7.03. The van der Waals surface area contributed by atoms with Crippen molar-refractivity contribution in [2.75, 3.05) is 0 Å². The van der Waals surface area contributed by atoms with Crippen molar-refractivity contribution in [3.8, 4) is 0 Å². The summed E-state index contributed by atoms with van der Waals surface area (Å²) in [7, 11) is 0. The van der Waals surface area contributed by atoms with Gasteiger partial charge in [-0.2, -0.15) is 5.10 Å². The van der Waals surface area contributed by atoms with E-state index in [0.717, 1.165) is 17.0 Å². The highest BCUT2D eigenvalue weighted by Crippen LogP contribution is 2.15. The molecule has 3 aromatic rings. The Morgan fingerprint density at radius 2 is 1.72 bits per heavy atom. The van der Waals surface area contributed by atoms with Crippen LogP contribution in [0, 0.1) is 13.8 Å². The summed E-state index contributed by atoms with van der Waals surface area (Å²) >= 11 is 0. The fourth-order valence-electron chi connectivity index (χ4n) is 3.37. The van der Waals surface area contributed by atoms with Crippen molar-refractivity contribution in [3.05, 3.63) is 88.2 Å². The molecule has 150 valence electrons. The zero-order valence-electron chi connectivity index (χ0n) is 16.7. The number of hydrogen-bond acceptors (Lipinski definition) is 3. The average molecular weight is 391 g/mol. The van der Waals surface area contributed by atoms with Crippen LogP contribution in [-0.2, 0) is 24.3 Å². The first kappa shape index (κ1) is 20.3. The number of aromatic carboxylic acids is 1. The number of amides is 1. The molecule has 2 aromatic carbocycles. The molecule has 6 heteroatoms. The Labute approximate surface area is 170 Å². The Morgan fingerprint density at radius 1 is 1.03 bits per heavy atom. The second-order valence-corrected chi connectivity index (χ2v) is 7.03. The van der Waals surface area contributed by atoms with Crippen molar-refractivity contribution in [2.45, 2.75) is 39.8 Å². The lowest BCUT2D eigenvalue weighted by Crippen LogP contribution is -2.24. The van der Waals surface area contributed by atoms with E-state index >= 15 is 0 Å². The van der Waals surface area contributed by atoms with E-state index in [1.165, 1.54) is 5.56 Å². The van der Waals surface area contributed by atoms with Crippen molar-refractivity contribution in [1.82, 2.24) is 15.1 Å². The Hall–Kier alpha value is -3.41. The summed E-state index contributed by atoms with van der Waals surface area (Å²) < 4.78 is 1.95. The summed E-state index contributed by atoms with van der Waals surface area (Å²) in [6, 6.07) is 16.9. The molecule has 0 spiro atoms. The van der Waals surface area contributed by atoms with Gasteiger partial charge in [0.1, 0.15) is 0 Å². The lowest BCUT2D eigenvalue weighted by molar-refractivity contribution is -0.121. The van der Waals surface area contributed by atoms with E-state index in [1.807, 2.05) is 36.7 Å². The highest BCUT2D eigenvalue weighted by molar-refractivity contribution is 5.89. The van der Waals surface area contributed by atoms with Gasteiger partial charge >= 0.3 is 5.97 Å². The number of carbonyl (C=O) groups excluding carboxylic acids is 1. The van der Waals surface area contributed by atoms with Gasteiger partial charge in [-0.25, -0.2) is 4.79 Å². The maximum atomic E-state index is 12.3. The molecule has 0 bridgehead atoms. The molecule has 0 radical (unpaired) electrons. The van der Waals surface area contributed by atoms with Crippen molar-refractivity contribution in [3.63, 3.8) is 0 Å². The van der Waals surface area contributed by atoms with Gasteiger partial charge < -0.3 is 10.4 Å². The van der Waals surface area contributed by atoms with Gasteiger partial charge in [0.2, 0.25) is 5.91 Å². The molecule has 2 N–H and O–H groups in total. The lowest BCUT2D eigenvalue weighted by Gasteiger charge is -2.08. The van der Waals surface area contributed by atoms with Crippen LogP contribution in [0.4, 0.5) is 0 Å². The molecule has 1 heterocycles. The minimum Gasteiger partial charge on any atom is -0.478 e. The highest BCUT2D eigenvalue weighted by Gasteiger charge is 2.14. The summed E-state index contributed by atoms with van der Waals surface area (Å²) in [5.41, 5.74) is 5.02. The first-order valence-corrected chi connectivity index (χ1v) is 9.60. The van der Waals surface area contributed by atoms with Crippen LogP contribution in [0.25, 0.3) is 0 Å². The van der Waals surface area contributed by atoms with Gasteiger partial charge in [0.05, 0.1) is 17.8 Å². The number of nitrogens with one attached hydrogen (secondary N) is 1. The molecule has 1 amide bonds. The number of carboxylic acids is 1. The second kappa shape index (κ2) is 9.19. The van der Waals surface area contributed by atoms with Crippen molar-refractivity contribution in [1.29, 1.82) is 0 Å². The van der Waals surface area contributed by atoms with Gasteiger partial charge in [-0.1, -0.05) is 48.5 Å². The SMILES string of the molecule is Cc1nn(Cc2ccccc2)c(C)c1CNC(=O)CCc1ccccc1C(=O)O. The number of aromatic nitrogens is 2. The number of carbonyl (C=O) groups is 2. The number of nitrogens with zero attached hydrogens (tertiary/aromatic N) is 2. The third-order valence-electron chi connectivity index (χ3n) is 5.04. The number of rotatable bonds is 8. The summed E-state index contributed by atoms with van der Waals surface area (Å²) in [6.45, 7) is 5.05. The maximum Gasteiger partial charge on any atom is 0.335 e. The molecule has 0 aliphatic heterocycles. The van der Waals surface area contributed by atoms with E-state index in [0.29, 0.717) is 25.1 Å². The Kier molecular flexibility index (Phi) is 6.44. The zero-order valence-corrected chi connectivity index (χ0v) is 16.7. The molecule has 6 nitrogen and oxygen atoms in total. The smallest absolute Gasteiger partial charge is 0.335 e. The van der Waals surface area contributed by atoms with Crippen molar-refractivity contribution in [2.24, 2.45) is 0 Å². The largest absolute Gasteiger partial charge is 0.478 e. The zero-order chi connectivity index (χ0) is 20.8. The van der Waals surface area contributed by atoms with Crippen LogP contribution < -0.4 is 5.32 Å². The predicted octanol–water partition coefficient (Wildman–Crippen LogP) is 3.50. The Bertz CT molecular complexity index is 1010. The first-order chi connectivity index (χ1) is 14.0. The number of benzene rings is 2. The quantitative estimate of drug-likeness (QED) is 0.616. The number of carboxylic acid groups (broad SMARTS) is 1. The van der Waals surface area contributed by atoms with E-state index in [9.17, 15) is 14.7 Å². The highest BCUT2D eigenvalue weighted by atomic mass is 16.4. The van der Waals surface area contributed by atoms with Crippen LogP contribution in [0.15, 0.2) is 54.6 Å². The molecule has 0 aliphatic rings. The topological polar surface area (TPSA) is 84.2 Å². The third kappa shape index (κ3) is 5.10. The molecule has 29 heavy (non-hydrogen) atoms. The molecular weight excluding hydrogens is 366 g/mol. The minimum atomic E-state index is -0.974. The predicted molar refractivity (Wildman–Crippen MR) is 111 cm³/mol. The molecule has 0 saturated heterocycles. The van der Waals surface area contributed by atoms with E-state index in [-0.39, 0.29) is 17.9 Å². The average Bonchev–Trinajstić information content (AvgIpc) is 2.98. The summed E-state index contributed by atoms with van der Waals surface area (Å²) in [4.78, 5) is 23.6.